The number of ether oxygens (including phenoxy) is 1. The van der Waals surface area contributed by atoms with Crippen molar-refractivity contribution in [3.8, 4) is 6.07 Å². The summed E-state index contributed by atoms with van der Waals surface area (Å²) in [5.74, 6) is -2.53. The molecule has 0 saturated heterocycles. The summed E-state index contributed by atoms with van der Waals surface area (Å²) < 4.78 is 5.24. The molecule has 0 aliphatic carbocycles. The summed E-state index contributed by atoms with van der Waals surface area (Å²) in [5.41, 5.74) is 0.299. The zero-order valence-corrected chi connectivity index (χ0v) is 11.7. The summed E-state index contributed by atoms with van der Waals surface area (Å²) in [5, 5.41) is 17.7. The number of rotatable bonds is 4. The Balaban J connectivity index is 3.02. The Hall–Kier alpha value is -2.35. The summed E-state index contributed by atoms with van der Waals surface area (Å²) in [7, 11) is 0. The summed E-state index contributed by atoms with van der Waals surface area (Å²) >= 11 is 0. The maximum Gasteiger partial charge on any atom is 0.314 e. The van der Waals surface area contributed by atoms with Gasteiger partial charge in [0, 0.05) is 0 Å². The first-order valence-corrected chi connectivity index (χ1v) is 6.17. The van der Waals surface area contributed by atoms with Crippen LogP contribution in [0.3, 0.4) is 0 Å². The van der Waals surface area contributed by atoms with Crippen molar-refractivity contribution in [2.45, 2.75) is 38.7 Å². The number of carbonyl (C=O) groups is 2. The van der Waals surface area contributed by atoms with E-state index in [-0.39, 0.29) is 6.42 Å². The average Bonchev–Trinajstić information content (AvgIpc) is 2.34. The number of carboxylic acid groups (broad SMARTS) is 1. The van der Waals surface area contributed by atoms with Gasteiger partial charge >= 0.3 is 11.9 Å². The Kier molecular flexibility index (Phi) is 4.87. The third-order valence-corrected chi connectivity index (χ3v) is 2.51. The highest BCUT2D eigenvalue weighted by molar-refractivity contribution is 5.84. The van der Waals surface area contributed by atoms with Crippen LogP contribution in [0.25, 0.3) is 0 Å². The quantitative estimate of drug-likeness (QED) is 0.853. The number of carboxylic acids is 1. The van der Waals surface area contributed by atoms with Gasteiger partial charge in [-0.25, -0.2) is 0 Å². The van der Waals surface area contributed by atoms with Crippen LogP contribution < -0.4 is 0 Å². The molecule has 1 N–H and O–H groups in total. The number of benzene rings is 1. The summed E-state index contributed by atoms with van der Waals surface area (Å²) in [4.78, 5) is 23.0. The average molecular weight is 275 g/mol. The highest BCUT2D eigenvalue weighted by Crippen LogP contribution is 2.24. The molecule has 1 aromatic rings. The number of nitriles is 1. The molecule has 0 amide bonds. The Morgan fingerprint density at radius 3 is 2.25 bits per heavy atom. The van der Waals surface area contributed by atoms with Crippen molar-refractivity contribution in [1.29, 1.82) is 5.26 Å². The van der Waals surface area contributed by atoms with Crippen molar-refractivity contribution in [2.24, 2.45) is 0 Å². The molecule has 0 heterocycles. The van der Waals surface area contributed by atoms with E-state index in [0.29, 0.717) is 11.1 Å². The van der Waals surface area contributed by atoms with Gasteiger partial charge in [-0.1, -0.05) is 12.1 Å². The van der Waals surface area contributed by atoms with Gasteiger partial charge in [-0.05, 0) is 38.5 Å². The number of hydrogen-bond donors (Lipinski definition) is 1. The molecule has 0 spiro atoms. The van der Waals surface area contributed by atoms with Crippen LogP contribution in [0.15, 0.2) is 24.3 Å². The van der Waals surface area contributed by atoms with Gasteiger partial charge in [0.15, 0.2) is 0 Å². The molecule has 0 aliphatic heterocycles. The summed E-state index contributed by atoms with van der Waals surface area (Å²) in [6.07, 6.45) is -0.346. The molecule has 0 saturated carbocycles. The van der Waals surface area contributed by atoms with Gasteiger partial charge < -0.3 is 9.84 Å². The Morgan fingerprint density at radius 2 is 1.85 bits per heavy atom. The van der Waals surface area contributed by atoms with Crippen molar-refractivity contribution in [1.82, 2.24) is 0 Å². The first-order valence-electron chi connectivity index (χ1n) is 6.17. The van der Waals surface area contributed by atoms with Gasteiger partial charge in [-0.2, -0.15) is 5.26 Å². The standard InChI is InChI=1S/C15H17NO4/c1-15(2,3)20-14(19)12(8-13(17)18)11-6-4-10(9-16)5-7-11/h4-7,12H,8H2,1-3H3,(H,17,18). The third-order valence-electron chi connectivity index (χ3n) is 2.51. The van der Waals surface area contributed by atoms with E-state index in [1.54, 1.807) is 45.0 Å². The van der Waals surface area contributed by atoms with Crippen LogP contribution in [0, 0.1) is 11.3 Å². The minimum absolute atomic E-state index is 0.346. The number of esters is 1. The second kappa shape index (κ2) is 6.20. The van der Waals surface area contributed by atoms with Crippen molar-refractivity contribution in [2.75, 3.05) is 0 Å². The van der Waals surface area contributed by atoms with Gasteiger partial charge in [-0.15, -0.1) is 0 Å². The third kappa shape index (κ3) is 4.73. The SMILES string of the molecule is CC(C)(C)OC(=O)C(CC(=O)O)c1ccc(C#N)cc1. The fourth-order valence-corrected chi connectivity index (χ4v) is 1.67. The zero-order valence-electron chi connectivity index (χ0n) is 11.7. The lowest BCUT2D eigenvalue weighted by molar-refractivity contribution is -0.159. The van der Waals surface area contributed by atoms with E-state index < -0.39 is 23.5 Å². The van der Waals surface area contributed by atoms with E-state index in [4.69, 9.17) is 15.1 Å². The molecule has 5 heteroatoms. The van der Waals surface area contributed by atoms with Crippen LogP contribution in [0.5, 0.6) is 0 Å². The summed E-state index contributed by atoms with van der Waals surface area (Å²) in [6.45, 7) is 5.17. The highest BCUT2D eigenvalue weighted by Gasteiger charge is 2.28. The summed E-state index contributed by atoms with van der Waals surface area (Å²) in [6, 6.07) is 8.23. The molecule has 0 aliphatic rings. The molecule has 0 fully saturated rings. The van der Waals surface area contributed by atoms with Crippen LogP contribution in [-0.4, -0.2) is 22.6 Å². The predicted octanol–water partition coefficient (Wildman–Crippen LogP) is 2.46. The number of carbonyl (C=O) groups excluding carboxylic acids is 1. The van der Waals surface area contributed by atoms with Gasteiger partial charge in [0.1, 0.15) is 5.60 Å². The number of hydrogen-bond acceptors (Lipinski definition) is 4. The molecule has 106 valence electrons. The van der Waals surface area contributed by atoms with E-state index >= 15 is 0 Å². The number of aliphatic carboxylic acids is 1. The van der Waals surface area contributed by atoms with Gasteiger partial charge in [0.25, 0.3) is 0 Å². The Labute approximate surface area is 117 Å². The van der Waals surface area contributed by atoms with Gasteiger partial charge in [0.05, 0.1) is 24.0 Å². The molecule has 1 atom stereocenters. The van der Waals surface area contributed by atoms with Crippen molar-refractivity contribution in [3.63, 3.8) is 0 Å². The van der Waals surface area contributed by atoms with E-state index in [1.165, 1.54) is 0 Å². The largest absolute Gasteiger partial charge is 0.481 e. The molecule has 1 aromatic carbocycles. The molecule has 0 bridgehead atoms. The highest BCUT2D eigenvalue weighted by atomic mass is 16.6. The fourth-order valence-electron chi connectivity index (χ4n) is 1.67. The molecule has 0 radical (unpaired) electrons. The monoisotopic (exact) mass is 275 g/mol. The van der Waals surface area contributed by atoms with Crippen LogP contribution >= 0.6 is 0 Å². The van der Waals surface area contributed by atoms with Crippen molar-refractivity contribution >= 4 is 11.9 Å². The predicted molar refractivity (Wildman–Crippen MR) is 72.0 cm³/mol. The molecular formula is C15H17NO4. The second-order valence-electron chi connectivity index (χ2n) is 5.42. The molecule has 1 unspecified atom stereocenters. The lowest BCUT2D eigenvalue weighted by Gasteiger charge is -2.23. The fraction of sp³-hybridized carbons (Fsp3) is 0.400. The lowest BCUT2D eigenvalue weighted by atomic mass is 9.94. The molecular weight excluding hydrogens is 258 g/mol. The van der Waals surface area contributed by atoms with Crippen molar-refractivity contribution in [3.05, 3.63) is 35.4 Å². The minimum Gasteiger partial charge on any atom is -0.481 e. The maximum atomic E-state index is 12.1. The molecule has 0 aromatic heterocycles. The van der Waals surface area contributed by atoms with E-state index in [1.807, 2.05) is 6.07 Å². The first-order chi connectivity index (χ1) is 9.23. The van der Waals surface area contributed by atoms with E-state index in [2.05, 4.69) is 0 Å². The lowest BCUT2D eigenvalue weighted by Crippen LogP contribution is -2.29. The normalized spacial score (nSPS) is 12.3. The number of nitrogens with zero attached hydrogens (tertiary/aromatic N) is 1. The molecule has 20 heavy (non-hydrogen) atoms. The van der Waals surface area contributed by atoms with Gasteiger partial charge in [0.2, 0.25) is 0 Å². The zero-order chi connectivity index (χ0) is 15.3. The van der Waals surface area contributed by atoms with Crippen molar-refractivity contribution < 1.29 is 19.4 Å². The van der Waals surface area contributed by atoms with E-state index in [9.17, 15) is 9.59 Å². The molecule has 5 nitrogen and oxygen atoms in total. The van der Waals surface area contributed by atoms with Crippen LogP contribution in [0.1, 0.15) is 44.2 Å². The van der Waals surface area contributed by atoms with E-state index in [0.717, 1.165) is 0 Å². The van der Waals surface area contributed by atoms with Gasteiger partial charge in [-0.3, -0.25) is 9.59 Å². The minimum atomic E-state index is -1.08. The molecule has 1 rings (SSSR count). The van der Waals surface area contributed by atoms with Crippen LogP contribution in [0.4, 0.5) is 0 Å². The Morgan fingerprint density at radius 1 is 1.30 bits per heavy atom. The maximum absolute atomic E-state index is 12.1. The smallest absolute Gasteiger partial charge is 0.314 e. The Bertz CT molecular complexity index is 534. The second-order valence-corrected chi connectivity index (χ2v) is 5.42. The topological polar surface area (TPSA) is 87.4 Å². The van der Waals surface area contributed by atoms with Crippen LogP contribution in [-0.2, 0) is 14.3 Å². The first kappa shape index (κ1) is 15.7. The van der Waals surface area contributed by atoms with Crippen LogP contribution in [0.2, 0.25) is 0 Å².